The quantitative estimate of drug-likeness (QED) is 0.577. The largest absolute Gasteiger partial charge is 0.352 e. The average molecular weight is 247 g/mol. The zero-order chi connectivity index (χ0) is 12.6. The fraction of sp³-hybridized carbons (Fsp3) is 0.800. The average Bonchev–Trinajstić information content (AvgIpc) is 2.21. The maximum atomic E-state index is 11.4. The molecule has 0 aromatic heterocycles. The van der Waals surface area contributed by atoms with Gasteiger partial charge in [0.15, 0.2) is 0 Å². The van der Waals surface area contributed by atoms with Crippen molar-refractivity contribution < 1.29 is 9.59 Å². The third-order valence-corrected chi connectivity index (χ3v) is 2.49. The van der Waals surface area contributed by atoms with Crippen LogP contribution in [0.15, 0.2) is 0 Å². The molecule has 0 unspecified atom stereocenters. The van der Waals surface area contributed by atoms with Crippen molar-refractivity contribution >= 4 is 23.6 Å². The van der Waals surface area contributed by atoms with E-state index in [-0.39, 0.29) is 24.4 Å². The summed E-state index contributed by atoms with van der Waals surface area (Å²) < 4.78 is 0. The first-order valence-electron chi connectivity index (χ1n) is 5.29. The van der Waals surface area contributed by atoms with Gasteiger partial charge in [-0.3, -0.25) is 9.59 Å². The molecule has 0 aromatic carbocycles. The van der Waals surface area contributed by atoms with Gasteiger partial charge in [0.2, 0.25) is 11.8 Å². The third kappa shape index (κ3) is 7.53. The summed E-state index contributed by atoms with van der Waals surface area (Å²) in [6, 6.07) is -0.450. The lowest BCUT2D eigenvalue weighted by Gasteiger charge is -2.12. The molecule has 0 aliphatic carbocycles. The molecular weight excluding hydrogens is 226 g/mol. The summed E-state index contributed by atoms with van der Waals surface area (Å²) in [5, 5.41) is 5.19. The standard InChI is InChI=1S/C10H21N3O2S/c1-7(2)13-9(14)6-12-10(15)8(11)4-5-16-3/h7-8H,4-6,11H2,1-3H3,(H,12,15)(H,13,14)/t8-/m0/s1. The summed E-state index contributed by atoms with van der Waals surface area (Å²) in [7, 11) is 0. The normalized spacial score (nSPS) is 12.3. The summed E-state index contributed by atoms with van der Waals surface area (Å²) in [4.78, 5) is 22.6. The van der Waals surface area contributed by atoms with Crippen LogP contribution in [0.25, 0.3) is 0 Å². The van der Waals surface area contributed by atoms with E-state index in [0.29, 0.717) is 6.42 Å². The number of nitrogens with two attached hydrogens (primary N) is 1. The van der Waals surface area contributed by atoms with E-state index in [1.165, 1.54) is 0 Å². The van der Waals surface area contributed by atoms with Crippen LogP contribution in [0.3, 0.4) is 0 Å². The van der Waals surface area contributed by atoms with Crippen LogP contribution in [0.2, 0.25) is 0 Å². The molecular formula is C10H21N3O2S. The highest BCUT2D eigenvalue weighted by Crippen LogP contribution is 1.98. The minimum absolute atomic E-state index is 0.00994. The highest BCUT2D eigenvalue weighted by molar-refractivity contribution is 7.98. The van der Waals surface area contributed by atoms with Gasteiger partial charge in [-0.25, -0.2) is 0 Å². The molecule has 4 N–H and O–H groups in total. The number of thioether (sulfide) groups is 1. The molecule has 0 saturated carbocycles. The molecule has 1 atom stereocenters. The minimum atomic E-state index is -0.528. The fourth-order valence-corrected chi connectivity index (χ4v) is 1.54. The zero-order valence-electron chi connectivity index (χ0n) is 10.1. The molecule has 0 heterocycles. The number of carbonyl (C=O) groups excluding carboxylic acids is 2. The van der Waals surface area contributed by atoms with Crippen LogP contribution >= 0.6 is 11.8 Å². The Morgan fingerprint density at radius 2 is 2.00 bits per heavy atom. The molecule has 94 valence electrons. The number of nitrogens with one attached hydrogen (secondary N) is 2. The predicted octanol–water partition coefficient (Wildman–Crippen LogP) is -0.292. The SMILES string of the molecule is CSCC[C@H](N)C(=O)NCC(=O)NC(C)C. The molecule has 0 spiro atoms. The zero-order valence-corrected chi connectivity index (χ0v) is 10.9. The Balaban J connectivity index is 3.75. The van der Waals surface area contributed by atoms with Crippen molar-refractivity contribution in [3.05, 3.63) is 0 Å². The van der Waals surface area contributed by atoms with Crippen molar-refractivity contribution in [3.8, 4) is 0 Å². The molecule has 0 fully saturated rings. The van der Waals surface area contributed by atoms with Gasteiger partial charge in [0, 0.05) is 6.04 Å². The summed E-state index contributed by atoms with van der Waals surface area (Å²) in [5.74, 6) is 0.376. The third-order valence-electron chi connectivity index (χ3n) is 1.84. The first-order chi connectivity index (χ1) is 7.47. The summed E-state index contributed by atoms with van der Waals surface area (Å²) in [5.41, 5.74) is 5.63. The van der Waals surface area contributed by atoms with Crippen molar-refractivity contribution in [3.63, 3.8) is 0 Å². The van der Waals surface area contributed by atoms with Gasteiger partial charge in [-0.15, -0.1) is 0 Å². The van der Waals surface area contributed by atoms with E-state index in [1.54, 1.807) is 11.8 Å². The van der Waals surface area contributed by atoms with Crippen LogP contribution in [0.4, 0.5) is 0 Å². The molecule has 2 amide bonds. The molecule has 0 saturated heterocycles. The Morgan fingerprint density at radius 1 is 1.38 bits per heavy atom. The molecule has 16 heavy (non-hydrogen) atoms. The lowest BCUT2D eigenvalue weighted by Crippen LogP contribution is -2.46. The van der Waals surface area contributed by atoms with E-state index in [0.717, 1.165) is 5.75 Å². The van der Waals surface area contributed by atoms with Gasteiger partial charge in [0.05, 0.1) is 12.6 Å². The summed E-state index contributed by atoms with van der Waals surface area (Å²) in [6.45, 7) is 3.72. The second-order valence-corrected chi connectivity index (χ2v) is 4.81. The van der Waals surface area contributed by atoms with Crippen molar-refractivity contribution in [2.24, 2.45) is 5.73 Å². The van der Waals surface area contributed by atoms with Gasteiger partial charge in [0.1, 0.15) is 0 Å². The summed E-state index contributed by atoms with van der Waals surface area (Å²) in [6.07, 6.45) is 2.58. The van der Waals surface area contributed by atoms with Crippen LogP contribution < -0.4 is 16.4 Å². The van der Waals surface area contributed by atoms with E-state index in [1.807, 2.05) is 20.1 Å². The van der Waals surface area contributed by atoms with E-state index in [4.69, 9.17) is 5.73 Å². The molecule has 0 aliphatic rings. The van der Waals surface area contributed by atoms with Crippen LogP contribution in [0.5, 0.6) is 0 Å². The van der Waals surface area contributed by atoms with Crippen LogP contribution in [-0.4, -0.2) is 42.5 Å². The first-order valence-corrected chi connectivity index (χ1v) is 6.68. The van der Waals surface area contributed by atoms with E-state index in [2.05, 4.69) is 10.6 Å². The van der Waals surface area contributed by atoms with Gasteiger partial charge in [-0.05, 0) is 32.3 Å². The highest BCUT2D eigenvalue weighted by Gasteiger charge is 2.13. The monoisotopic (exact) mass is 247 g/mol. The first kappa shape index (κ1) is 15.2. The lowest BCUT2D eigenvalue weighted by molar-refractivity contribution is -0.127. The van der Waals surface area contributed by atoms with Gasteiger partial charge in [0.25, 0.3) is 0 Å². The minimum Gasteiger partial charge on any atom is -0.352 e. The van der Waals surface area contributed by atoms with E-state index < -0.39 is 6.04 Å². The predicted molar refractivity (Wildman–Crippen MR) is 67.3 cm³/mol. The van der Waals surface area contributed by atoms with Crippen LogP contribution in [-0.2, 0) is 9.59 Å². The van der Waals surface area contributed by atoms with Crippen LogP contribution in [0, 0.1) is 0 Å². The maximum absolute atomic E-state index is 11.4. The number of rotatable bonds is 7. The molecule has 0 bridgehead atoms. The Kier molecular flexibility index (Phi) is 8.01. The van der Waals surface area contributed by atoms with Crippen molar-refractivity contribution in [2.75, 3.05) is 18.6 Å². The van der Waals surface area contributed by atoms with Gasteiger partial charge >= 0.3 is 0 Å². The molecule has 0 rings (SSSR count). The fourth-order valence-electron chi connectivity index (χ4n) is 1.05. The van der Waals surface area contributed by atoms with E-state index >= 15 is 0 Å². The number of hydrogen-bond donors (Lipinski definition) is 3. The Hall–Kier alpha value is -0.750. The van der Waals surface area contributed by atoms with Crippen LogP contribution in [0.1, 0.15) is 20.3 Å². The maximum Gasteiger partial charge on any atom is 0.239 e. The smallest absolute Gasteiger partial charge is 0.239 e. The van der Waals surface area contributed by atoms with Crippen molar-refractivity contribution in [1.29, 1.82) is 0 Å². The molecule has 5 nitrogen and oxygen atoms in total. The van der Waals surface area contributed by atoms with Gasteiger partial charge in [-0.2, -0.15) is 11.8 Å². The number of hydrogen-bond acceptors (Lipinski definition) is 4. The van der Waals surface area contributed by atoms with Gasteiger partial charge < -0.3 is 16.4 Å². The Labute approximate surface area is 101 Å². The molecule has 6 heteroatoms. The second kappa shape index (κ2) is 8.41. The second-order valence-electron chi connectivity index (χ2n) is 3.83. The Bertz CT molecular complexity index is 234. The lowest BCUT2D eigenvalue weighted by atomic mass is 10.2. The van der Waals surface area contributed by atoms with Gasteiger partial charge in [-0.1, -0.05) is 0 Å². The van der Waals surface area contributed by atoms with Crippen molar-refractivity contribution in [1.82, 2.24) is 10.6 Å². The van der Waals surface area contributed by atoms with Crippen molar-refractivity contribution in [2.45, 2.75) is 32.4 Å². The molecule has 0 aliphatic heterocycles. The highest BCUT2D eigenvalue weighted by atomic mass is 32.2. The Morgan fingerprint density at radius 3 is 2.50 bits per heavy atom. The number of carbonyl (C=O) groups is 2. The van der Waals surface area contributed by atoms with E-state index in [9.17, 15) is 9.59 Å². The molecule has 0 radical (unpaired) electrons. The molecule has 0 aromatic rings. The number of amides is 2. The summed E-state index contributed by atoms with van der Waals surface area (Å²) >= 11 is 1.64. The topological polar surface area (TPSA) is 84.2 Å².